The van der Waals surface area contributed by atoms with E-state index in [1.54, 1.807) is 18.2 Å². The zero-order chi connectivity index (χ0) is 25.3. The van der Waals surface area contributed by atoms with Crippen molar-refractivity contribution < 1.29 is 27.4 Å². The maximum Gasteiger partial charge on any atom is 0.416 e. The van der Waals surface area contributed by atoms with Gasteiger partial charge in [-0.25, -0.2) is 0 Å². The number of nitrogens with one attached hydrogen (secondary N) is 2. The normalized spacial score (nSPS) is 17.4. The van der Waals surface area contributed by atoms with Crippen LogP contribution in [0.1, 0.15) is 24.0 Å². The predicted octanol–water partition coefficient (Wildman–Crippen LogP) is 4.58. The summed E-state index contributed by atoms with van der Waals surface area (Å²) in [5.74, 6) is -0.316. The predicted molar refractivity (Wildman–Crippen MR) is 130 cm³/mol. The molecule has 1 amide bonds. The topological polar surface area (TPSA) is 83.7 Å². The average molecular weight is 499 g/mol. The van der Waals surface area contributed by atoms with E-state index in [9.17, 15) is 22.8 Å². The van der Waals surface area contributed by atoms with Crippen LogP contribution in [-0.4, -0.2) is 43.8 Å². The van der Waals surface area contributed by atoms with Crippen LogP contribution in [0.15, 0.2) is 53.3 Å². The monoisotopic (exact) mass is 499 g/mol. The Hall–Kier alpha value is -3.79. The first-order valence-corrected chi connectivity index (χ1v) is 11.6. The Labute approximate surface area is 204 Å². The number of carbonyl (C=O) groups is 1. The molecule has 7 nitrogen and oxygen atoms in total. The molecule has 0 saturated carbocycles. The van der Waals surface area contributed by atoms with Crippen molar-refractivity contribution in [3.63, 3.8) is 0 Å². The van der Waals surface area contributed by atoms with Gasteiger partial charge in [0.15, 0.2) is 0 Å². The number of fused-ring (bicyclic) bond motifs is 2. The average Bonchev–Trinajstić information content (AvgIpc) is 3.05. The summed E-state index contributed by atoms with van der Waals surface area (Å²) in [7, 11) is 0. The maximum atomic E-state index is 13.1. The Kier molecular flexibility index (Phi) is 6.44. The van der Waals surface area contributed by atoms with Crippen LogP contribution in [0.5, 0.6) is 5.75 Å². The molecule has 1 aromatic heterocycles. The molecule has 0 bridgehead atoms. The van der Waals surface area contributed by atoms with E-state index >= 15 is 0 Å². The molecular formula is C26H24F3N3O4. The minimum absolute atomic E-state index is 0.111. The first-order chi connectivity index (χ1) is 17.3. The van der Waals surface area contributed by atoms with Crippen LogP contribution in [0, 0.1) is 0 Å². The molecule has 2 aliphatic heterocycles. The van der Waals surface area contributed by atoms with Gasteiger partial charge in [-0.2, -0.15) is 13.2 Å². The number of hydrogen-bond donors (Lipinski definition) is 2. The van der Waals surface area contributed by atoms with Gasteiger partial charge in [0, 0.05) is 41.9 Å². The van der Waals surface area contributed by atoms with Crippen LogP contribution >= 0.6 is 0 Å². The number of anilines is 2. The van der Waals surface area contributed by atoms with Crippen molar-refractivity contribution in [3.05, 3.63) is 70.0 Å². The van der Waals surface area contributed by atoms with Gasteiger partial charge < -0.3 is 24.7 Å². The lowest BCUT2D eigenvalue weighted by molar-refractivity contribution is -0.137. The van der Waals surface area contributed by atoms with E-state index in [0.29, 0.717) is 61.5 Å². The van der Waals surface area contributed by atoms with Gasteiger partial charge in [-0.05, 0) is 48.7 Å². The van der Waals surface area contributed by atoms with Gasteiger partial charge in [0.25, 0.3) is 0 Å². The highest BCUT2D eigenvalue weighted by molar-refractivity contribution is 6.05. The minimum Gasteiger partial charge on any atom is -0.493 e. The summed E-state index contributed by atoms with van der Waals surface area (Å²) in [6, 6.07) is 10.1. The van der Waals surface area contributed by atoms with Crippen LogP contribution in [0.2, 0.25) is 0 Å². The molecule has 0 aliphatic carbocycles. The Morgan fingerprint density at radius 3 is 2.64 bits per heavy atom. The maximum absolute atomic E-state index is 13.1. The zero-order valence-electron chi connectivity index (χ0n) is 19.3. The summed E-state index contributed by atoms with van der Waals surface area (Å²) in [5, 5.41) is 3.65. The third-order valence-electron chi connectivity index (χ3n) is 6.25. The lowest BCUT2D eigenvalue weighted by Gasteiger charge is -2.29. The first kappa shape index (κ1) is 23.9. The smallest absolute Gasteiger partial charge is 0.416 e. The second-order valence-corrected chi connectivity index (χ2v) is 8.70. The number of pyridine rings is 1. The number of benzene rings is 2. The van der Waals surface area contributed by atoms with Crippen molar-refractivity contribution >= 4 is 33.8 Å². The summed E-state index contributed by atoms with van der Waals surface area (Å²) < 4.78 is 50.3. The molecular weight excluding hydrogens is 475 g/mol. The van der Waals surface area contributed by atoms with E-state index in [1.165, 1.54) is 12.1 Å². The fourth-order valence-electron chi connectivity index (χ4n) is 4.53. The third-order valence-corrected chi connectivity index (χ3v) is 6.25. The molecule has 36 heavy (non-hydrogen) atoms. The van der Waals surface area contributed by atoms with Crippen LogP contribution in [-0.2, 0) is 15.7 Å². The largest absolute Gasteiger partial charge is 0.493 e. The van der Waals surface area contributed by atoms with E-state index in [0.717, 1.165) is 23.2 Å². The molecule has 2 aliphatic rings. The van der Waals surface area contributed by atoms with Gasteiger partial charge in [-0.3, -0.25) is 9.59 Å². The SMILES string of the molecule is O=C(C=C1CCCOc2cc(C(F)(F)F)ccc21)Nc1ccc2c(N3CCOCC3)cc(=O)[nH]c2c1. The van der Waals surface area contributed by atoms with E-state index in [1.807, 2.05) is 6.07 Å². The van der Waals surface area contributed by atoms with Crippen molar-refractivity contribution in [1.82, 2.24) is 4.98 Å². The van der Waals surface area contributed by atoms with Crippen LogP contribution in [0.25, 0.3) is 16.5 Å². The summed E-state index contributed by atoms with van der Waals surface area (Å²) in [4.78, 5) is 30.0. The number of alkyl halides is 3. The van der Waals surface area contributed by atoms with Gasteiger partial charge in [0.05, 0.1) is 36.6 Å². The number of amides is 1. The quantitative estimate of drug-likeness (QED) is 0.516. The van der Waals surface area contributed by atoms with Crippen molar-refractivity contribution in [3.8, 4) is 5.75 Å². The second kappa shape index (κ2) is 9.69. The van der Waals surface area contributed by atoms with Gasteiger partial charge in [0.2, 0.25) is 11.5 Å². The number of halogens is 3. The molecule has 0 spiro atoms. The number of hydrogen-bond acceptors (Lipinski definition) is 5. The van der Waals surface area contributed by atoms with Crippen molar-refractivity contribution in [2.24, 2.45) is 0 Å². The third kappa shape index (κ3) is 5.08. The highest BCUT2D eigenvalue weighted by Gasteiger charge is 2.32. The fraction of sp³-hybridized carbons (Fsp3) is 0.308. The molecule has 0 atom stereocenters. The number of morpholine rings is 1. The summed E-state index contributed by atoms with van der Waals surface area (Å²) in [6.07, 6.45) is -2.04. The Morgan fingerprint density at radius 1 is 1.06 bits per heavy atom. The Bertz CT molecular complexity index is 1390. The number of allylic oxidation sites excluding steroid dienone is 1. The number of H-pyrrole nitrogens is 1. The lowest BCUT2D eigenvalue weighted by atomic mass is 9.99. The van der Waals surface area contributed by atoms with Crippen LogP contribution < -0.4 is 20.5 Å². The molecule has 3 aromatic rings. The van der Waals surface area contributed by atoms with Crippen molar-refractivity contribution in [1.29, 1.82) is 0 Å². The van der Waals surface area contributed by atoms with Gasteiger partial charge in [0.1, 0.15) is 5.75 Å². The molecule has 5 rings (SSSR count). The van der Waals surface area contributed by atoms with Crippen LogP contribution in [0.4, 0.5) is 24.5 Å². The minimum atomic E-state index is -4.48. The summed E-state index contributed by atoms with van der Waals surface area (Å²) in [5.41, 5.74) is 1.90. The van der Waals surface area contributed by atoms with Crippen molar-refractivity contribution in [2.45, 2.75) is 19.0 Å². The fourth-order valence-corrected chi connectivity index (χ4v) is 4.53. The number of nitrogens with zero attached hydrogens (tertiary/aromatic N) is 1. The number of ether oxygens (including phenoxy) is 2. The Balaban J connectivity index is 1.41. The molecule has 0 unspecified atom stereocenters. The van der Waals surface area contributed by atoms with Gasteiger partial charge >= 0.3 is 6.18 Å². The summed E-state index contributed by atoms with van der Waals surface area (Å²) >= 11 is 0. The molecule has 3 heterocycles. The van der Waals surface area contributed by atoms with E-state index in [4.69, 9.17) is 9.47 Å². The molecule has 0 radical (unpaired) electrons. The molecule has 1 saturated heterocycles. The molecule has 1 fully saturated rings. The number of carbonyl (C=O) groups excluding carboxylic acids is 1. The van der Waals surface area contributed by atoms with Crippen LogP contribution in [0.3, 0.4) is 0 Å². The lowest BCUT2D eigenvalue weighted by Crippen LogP contribution is -2.36. The first-order valence-electron chi connectivity index (χ1n) is 11.6. The molecule has 2 N–H and O–H groups in total. The van der Waals surface area contributed by atoms with E-state index in [-0.39, 0.29) is 17.9 Å². The summed E-state index contributed by atoms with van der Waals surface area (Å²) in [6.45, 7) is 2.79. The second-order valence-electron chi connectivity index (χ2n) is 8.70. The highest BCUT2D eigenvalue weighted by Crippen LogP contribution is 2.38. The Morgan fingerprint density at radius 2 is 1.86 bits per heavy atom. The molecule has 2 aromatic carbocycles. The number of rotatable bonds is 3. The standard InChI is InChI=1S/C26H24F3N3O4/c27-26(28,29)17-3-5-19-16(2-1-9-36-23(19)13-17)12-24(33)30-18-4-6-20-21(14-18)31-25(34)15-22(20)32-7-10-35-11-8-32/h3-6,12-15H,1-2,7-11H2,(H,30,33)(H,31,34). The van der Waals surface area contributed by atoms with Gasteiger partial charge in [-0.1, -0.05) is 6.07 Å². The van der Waals surface area contributed by atoms with Gasteiger partial charge in [-0.15, -0.1) is 0 Å². The molecule has 10 heteroatoms. The highest BCUT2D eigenvalue weighted by atomic mass is 19.4. The number of aromatic amines is 1. The zero-order valence-corrected chi connectivity index (χ0v) is 19.3. The van der Waals surface area contributed by atoms with E-state index in [2.05, 4.69) is 15.2 Å². The van der Waals surface area contributed by atoms with Crippen molar-refractivity contribution in [2.75, 3.05) is 43.1 Å². The number of aromatic nitrogens is 1. The van der Waals surface area contributed by atoms with E-state index < -0.39 is 17.6 Å². The molecule has 188 valence electrons.